The first kappa shape index (κ1) is 18.0. The number of carbonyl (C=O) groups is 1. The number of primary amides is 1. The first-order chi connectivity index (χ1) is 11.2. The molecule has 2 aliphatic rings. The van der Waals surface area contributed by atoms with Gasteiger partial charge in [0.1, 0.15) is 0 Å². The summed E-state index contributed by atoms with van der Waals surface area (Å²) in [5.74, 6) is 0.984. The van der Waals surface area contributed by atoms with Crippen LogP contribution in [-0.4, -0.2) is 69.4 Å². The molecule has 0 aromatic heterocycles. The number of carbonyl (C=O) groups excluding carboxylic acids is 1. The fourth-order valence-corrected chi connectivity index (χ4v) is 3.27. The second-order valence-electron chi connectivity index (χ2n) is 6.31. The van der Waals surface area contributed by atoms with Crippen LogP contribution in [0, 0.1) is 5.92 Å². The SMILES string of the molecule is CN=C(NCCOCC1CCCO1)N1CCCC(CC(N)=O)C1. The molecule has 0 radical (unpaired) electrons. The Bertz CT molecular complexity index is 397. The van der Waals surface area contributed by atoms with Crippen LogP contribution in [0.4, 0.5) is 0 Å². The lowest BCUT2D eigenvalue weighted by Gasteiger charge is -2.34. The van der Waals surface area contributed by atoms with E-state index in [1.807, 2.05) is 0 Å². The van der Waals surface area contributed by atoms with Crippen LogP contribution in [0.25, 0.3) is 0 Å². The lowest BCUT2D eigenvalue weighted by Crippen LogP contribution is -2.47. The van der Waals surface area contributed by atoms with Crippen molar-refractivity contribution in [1.82, 2.24) is 10.2 Å². The van der Waals surface area contributed by atoms with Gasteiger partial charge < -0.3 is 25.4 Å². The number of hydrogen-bond donors (Lipinski definition) is 2. The molecule has 7 heteroatoms. The van der Waals surface area contributed by atoms with Crippen LogP contribution in [0.5, 0.6) is 0 Å². The number of rotatable bonds is 7. The van der Waals surface area contributed by atoms with E-state index in [1.165, 1.54) is 0 Å². The summed E-state index contributed by atoms with van der Waals surface area (Å²) in [6.45, 7) is 4.68. The summed E-state index contributed by atoms with van der Waals surface area (Å²) in [6, 6.07) is 0. The van der Waals surface area contributed by atoms with E-state index in [9.17, 15) is 4.79 Å². The van der Waals surface area contributed by atoms with E-state index in [-0.39, 0.29) is 12.0 Å². The zero-order valence-electron chi connectivity index (χ0n) is 14.1. The Hall–Kier alpha value is -1.34. The second kappa shape index (κ2) is 9.72. The van der Waals surface area contributed by atoms with Gasteiger partial charge in [0.15, 0.2) is 5.96 Å². The lowest BCUT2D eigenvalue weighted by atomic mass is 9.95. The van der Waals surface area contributed by atoms with Crippen LogP contribution in [-0.2, 0) is 14.3 Å². The molecule has 2 fully saturated rings. The molecule has 0 aliphatic carbocycles. The summed E-state index contributed by atoms with van der Waals surface area (Å²) >= 11 is 0. The molecule has 2 atom stereocenters. The molecule has 0 bridgehead atoms. The number of hydrogen-bond acceptors (Lipinski definition) is 4. The summed E-state index contributed by atoms with van der Waals surface area (Å²) in [7, 11) is 1.78. The van der Waals surface area contributed by atoms with Gasteiger partial charge in [-0.3, -0.25) is 9.79 Å². The summed E-state index contributed by atoms with van der Waals surface area (Å²) in [5, 5.41) is 3.33. The number of aliphatic imine (C=N–C) groups is 1. The van der Waals surface area contributed by atoms with E-state index < -0.39 is 0 Å². The minimum Gasteiger partial charge on any atom is -0.377 e. The molecule has 7 nitrogen and oxygen atoms in total. The number of nitrogens with one attached hydrogen (secondary N) is 1. The van der Waals surface area contributed by atoms with Crippen molar-refractivity contribution in [2.45, 2.75) is 38.2 Å². The molecular formula is C16H30N4O3. The normalized spacial score (nSPS) is 25.6. The molecule has 2 unspecified atom stereocenters. The van der Waals surface area contributed by atoms with Gasteiger partial charge in [-0.1, -0.05) is 0 Å². The van der Waals surface area contributed by atoms with Crippen molar-refractivity contribution in [2.24, 2.45) is 16.6 Å². The van der Waals surface area contributed by atoms with Crippen LogP contribution in [0.2, 0.25) is 0 Å². The molecule has 0 saturated carbocycles. The van der Waals surface area contributed by atoms with Crippen molar-refractivity contribution >= 4 is 11.9 Å². The maximum atomic E-state index is 11.1. The topological polar surface area (TPSA) is 89.2 Å². The average Bonchev–Trinajstić information content (AvgIpc) is 3.04. The number of nitrogens with zero attached hydrogens (tertiary/aromatic N) is 2. The van der Waals surface area contributed by atoms with Crippen molar-refractivity contribution in [1.29, 1.82) is 0 Å². The van der Waals surface area contributed by atoms with Gasteiger partial charge in [0, 0.05) is 39.7 Å². The van der Waals surface area contributed by atoms with Crippen LogP contribution in [0.1, 0.15) is 32.1 Å². The van der Waals surface area contributed by atoms with Crippen molar-refractivity contribution < 1.29 is 14.3 Å². The number of ether oxygens (including phenoxy) is 2. The van der Waals surface area contributed by atoms with Crippen LogP contribution < -0.4 is 11.1 Å². The van der Waals surface area contributed by atoms with E-state index in [1.54, 1.807) is 7.05 Å². The van der Waals surface area contributed by atoms with Crippen LogP contribution >= 0.6 is 0 Å². The summed E-state index contributed by atoms with van der Waals surface area (Å²) in [6.07, 6.45) is 5.09. The minimum absolute atomic E-state index is 0.220. The maximum Gasteiger partial charge on any atom is 0.217 e. The number of likely N-dealkylation sites (tertiary alicyclic amines) is 1. The highest BCUT2D eigenvalue weighted by Gasteiger charge is 2.23. The number of nitrogens with two attached hydrogens (primary N) is 1. The summed E-state index contributed by atoms with van der Waals surface area (Å²) in [4.78, 5) is 17.6. The zero-order valence-corrected chi connectivity index (χ0v) is 14.1. The fraction of sp³-hybridized carbons (Fsp3) is 0.875. The Kier molecular flexibility index (Phi) is 7.61. The third kappa shape index (κ3) is 6.35. The Morgan fingerprint density at radius 1 is 1.43 bits per heavy atom. The predicted octanol–water partition coefficient (Wildman–Crippen LogP) is 0.345. The third-order valence-electron chi connectivity index (χ3n) is 4.38. The molecular weight excluding hydrogens is 296 g/mol. The Morgan fingerprint density at radius 3 is 3.00 bits per heavy atom. The maximum absolute atomic E-state index is 11.1. The quantitative estimate of drug-likeness (QED) is 0.400. The highest BCUT2D eigenvalue weighted by molar-refractivity contribution is 5.80. The molecule has 1 amide bonds. The summed E-state index contributed by atoms with van der Waals surface area (Å²) in [5.41, 5.74) is 5.31. The molecule has 2 saturated heterocycles. The number of piperidine rings is 1. The largest absolute Gasteiger partial charge is 0.377 e. The average molecular weight is 326 g/mol. The number of guanidine groups is 1. The third-order valence-corrected chi connectivity index (χ3v) is 4.38. The van der Waals surface area contributed by atoms with E-state index in [2.05, 4.69) is 15.2 Å². The lowest BCUT2D eigenvalue weighted by molar-refractivity contribution is -0.119. The zero-order chi connectivity index (χ0) is 16.5. The monoisotopic (exact) mass is 326 g/mol. The second-order valence-corrected chi connectivity index (χ2v) is 6.31. The highest BCUT2D eigenvalue weighted by Crippen LogP contribution is 2.19. The molecule has 132 valence electrons. The molecule has 0 aromatic carbocycles. The van der Waals surface area contributed by atoms with Gasteiger partial charge in [0.2, 0.25) is 5.91 Å². The van der Waals surface area contributed by atoms with Crippen molar-refractivity contribution in [2.75, 3.05) is 46.5 Å². The minimum atomic E-state index is -0.220. The van der Waals surface area contributed by atoms with E-state index in [4.69, 9.17) is 15.2 Å². The Balaban J connectivity index is 1.64. The molecule has 3 N–H and O–H groups in total. The fourth-order valence-electron chi connectivity index (χ4n) is 3.27. The van der Waals surface area contributed by atoms with Gasteiger partial charge in [-0.25, -0.2) is 0 Å². The van der Waals surface area contributed by atoms with E-state index >= 15 is 0 Å². The van der Waals surface area contributed by atoms with Crippen molar-refractivity contribution in [3.05, 3.63) is 0 Å². The van der Waals surface area contributed by atoms with Crippen LogP contribution in [0.3, 0.4) is 0 Å². The van der Waals surface area contributed by atoms with Gasteiger partial charge >= 0.3 is 0 Å². The number of amides is 1. The highest BCUT2D eigenvalue weighted by atomic mass is 16.5. The predicted molar refractivity (Wildman–Crippen MR) is 89.3 cm³/mol. The first-order valence-electron chi connectivity index (χ1n) is 8.62. The van der Waals surface area contributed by atoms with Crippen LogP contribution in [0.15, 0.2) is 4.99 Å². The van der Waals surface area contributed by atoms with Gasteiger partial charge in [0.05, 0.1) is 19.3 Å². The molecule has 23 heavy (non-hydrogen) atoms. The van der Waals surface area contributed by atoms with E-state index in [0.29, 0.717) is 25.6 Å². The van der Waals surface area contributed by atoms with Gasteiger partial charge in [0.25, 0.3) is 0 Å². The van der Waals surface area contributed by atoms with Crippen molar-refractivity contribution in [3.63, 3.8) is 0 Å². The van der Waals surface area contributed by atoms with Gasteiger partial charge in [-0.15, -0.1) is 0 Å². The van der Waals surface area contributed by atoms with Crippen molar-refractivity contribution in [3.8, 4) is 0 Å². The van der Waals surface area contributed by atoms with E-state index in [0.717, 1.165) is 57.9 Å². The Labute approximate surface area is 138 Å². The van der Waals surface area contributed by atoms with Gasteiger partial charge in [-0.05, 0) is 31.6 Å². The molecule has 2 aliphatic heterocycles. The smallest absolute Gasteiger partial charge is 0.217 e. The molecule has 0 aromatic rings. The molecule has 2 heterocycles. The molecule has 0 spiro atoms. The molecule has 2 rings (SSSR count). The van der Waals surface area contributed by atoms with Gasteiger partial charge in [-0.2, -0.15) is 0 Å². The first-order valence-corrected chi connectivity index (χ1v) is 8.62. The summed E-state index contributed by atoms with van der Waals surface area (Å²) < 4.78 is 11.2. The standard InChI is InChI=1S/C16H30N4O3/c1-18-16(19-6-9-22-12-14-5-3-8-23-14)20-7-2-4-13(11-20)10-15(17)21/h13-14H,2-12H2,1H3,(H2,17,21)(H,18,19). The Morgan fingerprint density at radius 2 is 2.30 bits per heavy atom.